The molecule has 2 nitrogen and oxygen atoms in total. The SMILES string of the molecule is Cc1ccc(CN2CCCCC2CO)cc1. The predicted octanol–water partition coefficient (Wildman–Crippen LogP) is 2.34. The van der Waals surface area contributed by atoms with Crippen molar-refractivity contribution in [3.63, 3.8) is 0 Å². The van der Waals surface area contributed by atoms with E-state index in [2.05, 4.69) is 36.1 Å². The van der Waals surface area contributed by atoms with Crippen LogP contribution in [0.3, 0.4) is 0 Å². The largest absolute Gasteiger partial charge is 0.395 e. The monoisotopic (exact) mass is 219 g/mol. The average molecular weight is 219 g/mol. The van der Waals surface area contributed by atoms with Gasteiger partial charge in [0.2, 0.25) is 0 Å². The molecule has 0 radical (unpaired) electrons. The van der Waals surface area contributed by atoms with Gasteiger partial charge >= 0.3 is 0 Å². The smallest absolute Gasteiger partial charge is 0.0586 e. The van der Waals surface area contributed by atoms with Crippen molar-refractivity contribution >= 4 is 0 Å². The Kier molecular flexibility index (Phi) is 3.97. The zero-order chi connectivity index (χ0) is 11.4. The zero-order valence-electron chi connectivity index (χ0n) is 10.0. The molecule has 1 aliphatic rings. The summed E-state index contributed by atoms with van der Waals surface area (Å²) < 4.78 is 0. The molecule has 0 aromatic heterocycles. The Hall–Kier alpha value is -0.860. The third-order valence-electron chi connectivity index (χ3n) is 3.47. The Morgan fingerprint density at radius 3 is 2.69 bits per heavy atom. The quantitative estimate of drug-likeness (QED) is 0.843. The Bertz CT molecular complexity index is 320. The van der Waals surface area contributed by atoms with Crippen molar-refractivity contribution < 1.29 is 5.11 Å². The van der Waals surface area contributed by atoms with Crippen molar-refractivity contribution in [2.45, 2.75) is 38.8 Å². The maximum Gasteiger partial charge on any atom is 0.0586 e. The van der Waals surface area contributed by atoms with Gasteiger partial charge in [0.15, 0.2) is 0 Å². The molecule has 1 heterocycles. The highest BCUT2D eigenvalue weighted by molar-refractivity contribution is 5.21. The summed E-state index contributed by atoms with van der Waals surface area (Å²) in [5, 5.41) is 9.34. The number of nitrogens with zero attached hydrogens (tertiary/aromatic N) is 1. The lowest BCUT2D eigenvalue weighted by molar-refractivity contribution is 0.0841. The molecule has 1 aromatic carbocycles. The molecule has 2 rings (SSSR count). The molecule has 0 saturated carbocycles. The van der Waals surface area contributed by atoms with Gasteiger partial charge in [-0.1, -0.05) is 36.2 Å². The van der Waals surface area contributed by atoms with E-state index in [1.54, 1.807) is 0 Å². The second-order valence-corrected chi connectivity index (χ2v) is 4.79. The van der Waals surface area contributed by atoms with Crippen molar-refractivity contribution in [2.24, 2.45) is 0 Å². The lowest BCUT2D eigenvalue weighted by Crippen LogP contribution is -2.41. The maximum absolute atomic E-state index is 9.34. The zero-order valence-corrected chi connectivity index (χ0v) is 10.0. The summed E-state index contributed by atoms with van der Waals surface area (Å²) in [5.74, 6) is 0. The van der Waals surface area contributed by atoms with Crippen LogP contribution in [0.15, 0.2) is 24.3 Å². The van der Waals surface area contributed by atoms with Gasteiger partial charge in [-0.15, -0.1) is 0 Å². The summed E-state index contributed by atoms with van der Waals surface area (Å²) in [4.78, 5) is 2.41. The van der Waals surface area contributed by atoms with Gasteiger partial charge in [-0.05, 0) is 31.9 Å². The Balaban J connectivity index is 1.99. The first-order valence-electron chi connectivity index (χ1n) is 6.20. The first kappa shape index (κ1) is 11.6. The average Bonchev–Trinajstić information content (AvgIpc) is 2.33. The Morgan fingerprint density at radius 1 is 1.25 bits per heavy atom. The normalized spacial score (nSPS) is 22.2. The van der Waals surface area contributed by atoms with Gasteiger partial charge in [0, 0.05) is 12.6 Å². The molecule has 88 valence electrons. The van der Waals surface area contributed by atoms with Crippen LogP contribution in [-0.4, -0.2) is 29.2 Å². The second-order valence-electron chi connectivity index (χ2n) is 4.79. The van der Waals surface area contributed by atoms with Crippen molar-refractivity contribution in [3.8, 4) is 0 Å². The summed E-state index contributed by atoms with van der Waals surface area (Å²) in [6.07, 6.45) is 3.67. The molecule has 0 amide bonds. The van der Waals surface area contributed by atoms with Crippen LogP contribution in [0, 0.1) is 6.92 Å². The maximum atomic E-state index is 9.34. The number of aryl methyl sites for hydroxylation is 1. The van der Waals surface area contributed by atoms with E-state index in [1.807, 2.05) is 0 Å². The summed E-state index contributed by atoms with van der Waals surface area (Å²) in [6, 6.07) is 9.08. The minimum atomic E-state index is 0.297. The lowest BCUT2D eigenvalue weighted by Gasteiger charge is -2.34. The molecule has 2 heteroatoms. The van der Waals surface area contributed by atoms with Gasteiger partial charge in [0.25, 0.3) is 0 Å². The van der Waals surface area contributed by atoms with E-state index < -0.39 is 0 Å². The van der Waals surface area contributed by atoms with E-state index in [1.165, 1.54) is 24.0 Å². The van der Waals surface area contributed by atoms with Crippen LogP contribution in [0.1, 0.15) is 30.4 Å². The van der Waals surface area contributed by atoms with Crippen molar-refractivity contribution in [1.82, 2.24) is 4.90 Å². The highest BCUT2D eigenvalue weighted by Crippen LogP contribution is 2.19. The first-order valence-corrected chi connectivity index (χ1v) is 6.20. The van der Waals surface area contributed by atoms with Crippen LogP contribution in [0.2, 0.25) is 0 Å². The molecule has 1 unspecified atom stereocenters. The molecule has 1 fully saturated rings. The summed E-state index contributed by atoms with van der Waals surface area (Å²) >= 11 is 0. The van der Waals surface area contributed by atoms with Gasteiger partial charge in [-0.2, -0.15) is 0 Å². The van der Waals surface area contributed by atoms with Crippen LogP contribution >= 0.6 is 0 Å². The number of piperidine rings is 1. The van der Waals surface area contributed by atoms with Gasteiger partial charge in [0.1, 0.15) is 0 Å². The van der Waals surface area contributed by atoms with E-state index in [9.17, 15) is 5.11 Å². The number of benzene rings is 1. The van der Waals surface area contributed by atoms with Crippen LogP contribution in [0.5, 0.6) is 0 Å². The first-order chi connectivity index (χ1) is 7.79. The van der Waals surface area contributed by atoms with Gasteiger partial charge in [-0.3, -0.25) is 4.90 Å². The van der Waals surface area contributed by atoms with Gasteiger partial charge in [0.05, 0.1) is 6.61 Å². The number of rotatable bonds is 3. The van der Waals surface area contributed by atoms with E-state index >= 15 is 0 Å². The number of hydrogen-bond donors (Lipinski definition) is 1. The number of aliphatic hydroxyl groups is 1. The standard InChI is InChI=1S/C14H21NO/c1-12-5-7-13(8-6-12)10-15-9-3-2-4-14(15)11-16/h5-8,14,16H,2-4,9-11H2,1H3. The molecule has 16 heavy (non-hydrogen) atoms. The summed E-state index contributed by atoms with van der Waals surface area (Å²) in [6.45, 7) is 4.51. The molecule has 0 spiro atoms. The van der Waals surface area contributed by atoms with Crippen LogP contribution in [-0.2, 0) is 6.54 Å². The summed E-state index contributed by atoms with van der Waals surface area (Å²) in [7, 11) is 0. The van der Waals surface area contributed by atoms with E-state index in [0.717, 1.165) is 19.5 Å². The number of hydrogen-bond acceptors (Lipinski definition) is 2. The van der Waals surface area contributed by atoms with Crippen LogP contribution in [0.25, 0.3) is 0 Å². The molecule has 0 bridgehead atoms. The van der Waals surface area contributed by atoms with Crippen molar-refractivity contribution in [1.29, 1.82) is 0 Å². The number of aliphatic hydroxyl groups excluding tert-OH is 1. The molecule has 1 N–H and O–H groups in total. The lowest BCUT2D eigenvalue weighted by atomic mass is 10.0. The molecule has 1 atom stereocenters. The van der Waals surface area contributed by atoms with Gasteiger partial charge < -0.3 is 5.11 Å². The topological polar surface area (TPSA) is 23.5 Å². The molecule has 0 aliphatic carbocycles. The second kappa shape index (κ2) is 5.46. The molecule has 1 saturated heterocycles. The highest BCUT2D eigenvalue weighted by atomic mass is 16.3. The fourth-order valence-electron chi connectivity index (χ4n) is 2.40. The third kappa shape index (κ3) is 2.83. The molecule has 1 aromatic rings. The minimum absolute atomic E-state index is 0.297. The van der Waals surface area contributed by atoms with E-state index in [4.69, 9.17) is 0 Å². The summed E-state index contributed by atoms with van der Waals surface area (Å²) in [5.41, 5.74) is 2.66. The van der Waals surface area contributed by atoms with Crippen LogP contribution in [0.4, 0.5) is 0 Å². The van der Waals surface area contributed by atoms with Crippen molar-refractivity contribution in [2.75, 3.05) is 13.2 Å². The third-order valence-corrected chi connectivity index (χ3v) is 3.47. The van der Waals surface area contributed by atoms with Gasteiger partial charge in [-0.25, -0.2) is 0 Å². The minimum Gasteiger partial charge on any atom is -0.395 e. The van der Waals surface area contributed by atoms with Crippen molar-refractivity contribution in [3.05, 3.63) is 35.4 Å². The number of likely N-dealkylation sites (tertiary alicyclic amines) is 1. The fourth-order valence-corrected chi connectivity index (χ4v) is 2.40. The predicted molar refractivity (Wildman–Crippen MR) is 66.3 cm³/mol. The van der Waals surface area contributed by atoms with E-state index in [-0.39, 0.29) is 0 Å². The Labute approximate surface area is 97.9 Å². The molecular weight excluding hydrogens is 198 g/mol. The fraction of sp³-hybridized carbons (Fsp3) is 0.571. The molecule has 1 aliphatic heterocycles. The Morgan fingerprint density at radius 2 is 2.00 bits per heavy atom. The van der Waals surface area contributed by atoms with Crippen LogP contribution < -0.4 is 0 Å². The highest BCUT2D eigenvalue weighted by Gasteiger charge is 2.21. The van der Waals surface area contributed by atoms with E-state index in [0.29, 0.717) is 12.6 Å². The molecular formula is C14H21NO.